The topological polar surface area (TPSA) is 70.1 Å². The first-order valence-electron chi connectivity index (χ1n) is 7.89. The van der Waals surface area contributed by atoms with E-state index in [0.717, 1.165) is 27.5 Å². The summed E-state index contributed by atoms with van der Waals surface area (Å²) in [5.74, 6) is -0.212. The van der Waals surface area contributed by atoms with Gasteiger partial charge in [-0.05, 0) is 31.6 Å². The number of thiazole rings is 1. The second-order valence-corrected chi connectivity index (χ2v) is 6.77. The second kappa shape index (κ2) is 6.14. The summed E-state index contributed by atoms with van der Waals surface area (Å²) in [4.78, 5) is 20.2. The lowest BCUT2D eigenvalue weighted by atomic mass is 10.1. The van der Waals surface area contributed by atoms with E-state index >= 15 is 0 Å². The summed E-state index contributed by atoms with van der Waals surface area (Å²) in [6, 6.07) is 12.0. The monoisotopic (exact) mass is 348 g/mol. The van der Waals surface area contributed by atoms with Gasteiger partial charge in [0, 0.05) is 22.3 Å². The van der Waals surface area contributed by atoms with E-state index < -0.39 is 0 Å². The molecular weight excluding hydrogens is 332 g/mol. The molecule has 0 unspecified atom stereocenters. The fraction of sp³-hybridized carbons (Fsp3) is 0.105. The molecule has 5 nitrogen and oxygen atoms in total. The van der Waals surface area contributed by atoms with Crippen molar-refractivity contribution in [1.29, 1.82) is 0 Å². The highest BCUT2D eigenvalue weighted by atomic mass is 32.1. The number of aromatic nitrogens is 2. The summed E-state index contributed by atoms with van der Waals surface area (Å²) < 4.78 is 0. The molecule has 25 heavy (non-hydrogen) atoms. The number of rotatable bonds is 3. The zero-order valence-electron chi connectivity index (χ0n) is 13.8. The second-order valence-electron chi connectivity index (χ2n) is 5.91. The van der Waals surface area contributed by atoms with Crippen LogP contribution in [0.3, 0.4) is 0 Å². The van der Waals surface area contributed by atoms with E-state index in [0.29, 0.717) is 17.0 Å². The average Bonchev–Trinajstić information content (AvgIpc) is 3.30. The Hall–Kier alpha value is -2.99. The molecule has 1 aromatic carbocycles. The lowest BCUT2D eigenvalue weighted by molar-refractivity contribution is -0.116. The Bertz CT molecular complexity index is 1010. The molecular formula is C19H16N4OS. The van der Waals surface area contributed by atoms with Gasteiger partial charge in [0.25, 0.3) is 5.91 Å². The molecule has 2 aromatic heterocycles. The summed E-state index contributed by atoms with van der Waals surface area (Å²) in [5, 5.41) is 7.03. The Morgan fingerprint density at radius 2 is 1.96 bits per heavy atom. The Morgan fingerprint density at radius 1 is 1.16 bits per heavy atom. The first-order chi connectivity index (χ1) is 12.1. The molecule has 1 aliphatic heterocycles. The molecule has 3 heterocycles. The average molecular weight is 348 g/mol. The molecule has 3 aromatic rings. The lowest BCUT2D eigenvalue weighted by Gasteiger charge is -1.99. The van der Waals surface area contributed by atoms with Crippen molar-refractivity contribution in [3.63, 3.8) is 0 Å². The van der Waals surface area contributed by atoms with Crippen LogP contribution in [0.1, 0.15) is 22.6 Å². The predicted octanol–water partition coefficient (Wildman–Crippen LogP) is 3.67. The third kappa shape index (κ3) is 2.92. The van der Waals surface area contributed by atoms with Gasteiger partial charge in [-0.15, -0.1) is 11.3 Å². The van der Waals surface area contributed by atoms with E-state index in [-0.39, 0.29) is 5.91 Å². The van der Waals surface area contributed by atoms with Crippen molar-refractivity contribution in [2.75, 3.05) is 0 Å². The van der Waals surface area contributed by atoms with Gasteiger partial charge in [-0.3, -0.25) is 4.79 Å². The Labute approximate surface area is 149 Å². The number of hydrazone groups is 1. The van der Waals surface area contributed by atoms with Crippen molar-refractivity contribution in [3.8, 4) is 10.6 Å². The largest absolute Gasteiger partial charge is 0.359 e. The standard InChI is InChI=1S/C19H16N4OS/c1-11-8-12(2)20-15(11)9-14-17(22-23-18(14)24)16-10-25-19(21-16)13-6-4-3-5-7-13/h3-10,20H,1-2H3,(H,23,24)/b14-9-. The number of benzene rings is 1. The van der Waals surface area contributed by atoms with Crippen LogP contribution in [0, 0.1) is 13.8 Å². The SMILES string of the molecule is Cc1cc(C)c(/C=C2\C(=O)NN=C2c2csc(-c3ccccc3)n2)[nH]1. The predicted molar refractivity (Wildman–Crippen MR) is 100 cm³/mol. The van der Waals surface area contributed by atoms with Crippen LogP contribution in [0.15, 0.2) is 52.5 Å². The molecule has 0 bridgehead atoms. The third-order valence-corrected chi connectivity index (χ3v) is 4.91. The van der Waals surface area contributed by atoms with Gasteiger partial charge in [-0.25, -0.2) is 10.4 Å². The molecule has 1 aliphatic rings. The van der Waals surface area contributed by atoms with Crippen LogP contribution in [0.4, 0.5) is 0 Å². The van der Waals surface area contributed by atoms with Gasteiger partial charge in [0.15, 0.2) is 0 Å². The van der Waals surface area contributed by atoms with E-state index in [2.05, 4.69) is 20.5 Å². The molecule has 6 heteroatoms. The maximum absolute atomic E-state index is 12.2. The number of aryl methyl sites for hydroxylation is 2. The highest BCUT2D eigenvalue weighted by molar-refractivity contribution is 7.13. The smallest absolute Gasteiger partial charge is 0.273 e. The number of carbonyl (C=O) groups is 1. The van der Waals surface area contributed by atoms with E-state index in [4.69, 9.17) is 0 Å². The van der Waals surface area contributed by atoms with Crippen molar-refractivity contribution in [3.05, 3.63) is 70.0 Å². The van der Waals surface area contributed by atoms with Gasteiger partial charge >= 0.3 is 0 Å². The van der Waals surface area contributed by atoms with Crippen molar-refractivity contribution in [1.82, 2.24) is 15.4 Å². The minimum absolute atomic E-state index is 0.212. The molecule has 0 saturated heterocycles. The number of nitrogens with one attached hydrogen (secondary N) is 2. The van der Waals surface area contributed by atoms with E-state index in [1.165, 1.54) is 0 Å². The van der Waals surface area contributed by atoms with Gasteiger partial charge in [-0.2, -0.15) is 5.10 Å². The number of nitrogens with zero attached hydrogens (tertiary/aromatic N) is 2. The minimum Gasteiger partial charge on any atom is -0.359 e. The first-order valence-corrected chi connectivity index (χ1v) is 8.77. The van der Waals surface area contributed by atoms with Crippen molar-refractivity contribution < 1.29 is 4.79 Å². The molecule has 0 radical (unpaired) electrons. The Balaban J connectivity index is 1.71. The summed E-state index contributed by atoms with van der Waals surface area (Å²) in [5.41, 5.74) is 8.46. The van der Waals surface area contributed by atoms with Crippen LogP contribution in [-0.2, 0) is 4.79 Å². The number of H-pyrrole nitrogens is 1. The first kappa shape index (κ1) is 15.5. The lowest BCUT2D eigenvalue weighted by Crippen LogP contribution is -2.13. The number of hydrogen-bond acceptors (Lipinski definition) is 4. The quantitative estimate of drug-likeness (QED) is 0.709. The molecule has 0 fully saturated rings. The van der Waals surface area contributed by atoms with Crippen molar-refractivity contribution in [2.24, 2.45) is 5.10 Å². The van der Waals surface area contributed by atoms with Crippen LogP contribution in [-0.4, -0.2) is 21.6 Å². The summed E-state index contributed by atoms with van der Waals surface area (Å²) >= 11 is 1.54. The van der Waals surface area contributed by atoms with Crippen LogP contribution in [0.25, 0.3) is 16.6 Å². The van der Waals surface area contributed by atoms with E-state index in [1.54, 1.807) is 11.3 Å². The van der Waals surface area contributed by atoms with Gasteiger partial charge in [0.05, 0.1) is 5.57 Å². The number of aromatic amines is 1. The molecule has 1 amide bonds. The Morgan fingerprint density at radius 3 is 2.68 bits per heavy atom. The van der Waals surface area contributed by atoms with Crippen LogP contribution in [0.2, 0.25) is 0 Å². The highest BCUT2D eigenvalue weighted by Crippen LogP contribution is 2.26. The summed E-state index contributed by atoms with van der Waals surface area (Å²) in [6.45, 7) is 4.00. The summed E-state index contributed by atoms with van der Waals surface area (Å²) in [7, 11) is 0. The number of carbonyl (C=O) groups excluding carboxylic acids is 1. The van der Waals surface area contributed by atoms with E-state index in [1.807, 2.05) is 61.7 Å². The molecule has 0 saturated carbocycles. The van der Waals surface area contributed by atoms with Gasteiger partial charge in [0.1, 0.15) is 16.4 Å². The molecule has 4 rings (SSSR count). The third-order valence-electron chi connectivity index (χ3n) is 4.01. The molecule has 0 spiro atoms. The van der Waals surface area contributed by atoms with E-state index in [9.17, 15) is 4.79 Å². The zero-order valence-corrected chi connectivity index (χ0v) is 14.6. The molecule has 0 aliphatic carbocycles. The highest BCUT2D eigenvalue weighted by Gasteiger charge is 2.26. The fourth-order valence-corrected chi connectivity index (χ4v) is 3.61. The molecule has 124 valence electrons. The summed E-state index contributed by atoms with van der Waals surface area (Å²) in [6.07, 6.45) is 1.84. The van der Waals surface area contributed by atoms with Crippen molar-refractivity contribution >= 4 is 29.0 Å². The molecule has 0 atom stereocenters. The van der Waals surface area contributed by atoms with Gasteiger partial charge < -0.3 is 4.98 Å². The maximum Gasteiger partial charge on any atom is 0.273 e. The van der Waals surface area contributed by atoms with Gasteiger partial charge in [-0.1, -0.05) is 30.3 Å². The fourth-order valence-electron chi connectivity index (χ4n) is 2.80. The zero-order chi connectivity index (χ0) is 17.4. The van der Waals surface area contributed by atoms with Gasteiger partial charge in [0.2, 0.25) is 0 Å². The maximum atomic E-state index is 12.2. The Kier molecular flexibility index (Phi) is 3.82. The van der Waals surface area contributed by atoms with Crippen LogP contribution < -0.4 is 5.43 Å². The van der Waals surface area contributed by atoms with Crippen LogP contribution >= 0.6 is 11.3 Å². The van der Waals surface area contributed by atoms with Crippen molar-refractivity contribution in [2.45, 2.75) is 13.8 Å². The normalized spacial score (nSPS) is 15.5. The minimum atomic E-state index is -0.212. The number of hydrogen-bond donors (Lipinski definition) is 2. The molecule has 2 N–H and O–H groups in total. The van der Waals surface area contributed by atoms with Crippen LogP contribution in [0.5, 0.6) is 0 Å². The number of amides is 1.